The monoisotopic (exact) mass is 231 g/mol. The Morgan fingerprint density at radius 3 is 2.35 bits per heavy atom. The molecule has 1 saturated carbocycles. The summed E-state index contributed by atoms with van der Waals surface area (Å²) in [4.78, 5) is 0. The quantitative estimate of drug-likeness (QED) is 0.765. The Kier molecular flexibility index (Phi) is 4.22. The summed E-state index contributed by atoms with van der Waals surface area (Å²) in [6.07, 6.45) is 6.72. The Morgan fingerprint density at radius 2 is 1.71 bits per heavy atom. The molecule has 1 aromatic rings. The third-order valence-corrected chi connectivity index (χ3v) is 4.25. The molecule has 0 radical (unpaired) electrons. The molecule has 17 heavy (non-hydrogen) atoms. The second-order valence-corrected chi connectivity index (χ2v) is 5.68. The third-order valence-electron chi connectivity index (χ3n) is 4.25. The van der Waals surface area contributed by atoms with E-state index in [9.17, 15) is 0 Å². The highest BCUT2D eigenvalue weighted by Gasteiger charge is 2.27. The van der Waals surface area contributed by atoms with Crippen LogP contribution in [0.25, 0.3) is 0 Å². The average Bonchev–Trinajstić information content (AvgIpc) is 2.55. The maximum absolute atomic E-state index is 6.19. The van der Waals surface area contributed by atoms with Crippen LogP contribution in [0.4, 0.5) is 0 Å². The van der Waals surface area contributed by atoms with Gasteiger partial charge in [-0.1, -0.05) is 49.1 Å². The number of rotatable bonds is 2. The number of nitrogens with two attached hydrogens (primary N) is 1. The van der Waals surface area contributed by atoms with Gasteiger partial charge in [0.15, 0.2) is 0 Å². The van der Waals surface area contributed by atoms with Crippen molar-refractivity contribution in [1.82, 2.24) is 0 Å². The molecular formula is C16H25N. The Balaban J connectivity index is 2.22. The van der Waals surface area contributed by atoms with Gasteiger partial charge in [-0.2, -0.15) is 0 Å². The largest absolute Gasteiger partial charge is 0.328 e. The molecule has 0 saturated heterocycles. The number of hydrogen-bond donors (Lipinski definition) is 1. The van der Waals surface area contributed by atoms with Gasteiger partial charge < -0.3 is 5.73 Å². The van der Waals surface area contributed by atoms with Gasteiger partial charge >= 0.3 is 0 Å². The minimum Gasteiger partial charge on any atom is -0.328 e. The van der Waals surface area contributed by atoms with Crippen molar-refractivity contribution in [3.05, 3.63) is 35.4 Å². The van der Waals surface area contributed by atoms with Crippen molar-refractivity contribution in [1.29, 1.82) is 0 Å². The summed E-state index contributed by atoms with van der Waals surface area (Å²) in [6.45, 7) is 4.33. The molecule has 0 aromatic heterocycles. The molecule has 0 aliphatic heterocycles. The fraction of sp³-hybridized carbons (Fsp3) is 0.625. The first-order chi connectivity index (χ1) is 8.18. The van der Waals surface area contributed by atoms with E-state index in [1.165, 1.54) is 43.2 Å². The molecule has 1 heteroatoms. The van der Waals surface area contributed by atoms with Crippen molar-refractivity contribution < 1.29 is 0 Å². The van der Waals surface area contributed by atoms with Crippen LogP contribution in [0.5, 0.6) is 0 Å². The average molecular weight is 231 g/mol. The number of hydrogen-bond acceptors (Lipinski definition) is 1. The fourth-order valence-corrected chi connectivity index (χ4v) is 3.19. The molecule has 0 bridgehead atoms. The minimum atomic E-state index is 0.319. The topological polar surface area (TPSA) is 26.0 Å². The molecule has 0 amide bonds. The summed E-state index contributed by atoms with van der Waals surface area (Å²) in [5.74, 6) is 1.35. The van der Waals surface area contributed by atoms with E-state index in [2.05, 4.69) is 38.1 Å². The number of aryl methyl sites for hydroxylation is 1. The maximum atomic E-state index is 6.19. The van der Waals surface area contributed by atoms with Gasteiger partial charge in [-0.15, -0.1) is 0 Å². The summed E-state index contributed by atoms with van der Waals surface area (Å²) in [6, 6.07) is 9.40. The lowest BCUT2D eigenvalue weighted by atomic mass is 9.79. The molecule has 2 rings (SSSR count). The minimum absolute atomic E-state index is 0.319. The lowest BCUT2D eigenvalue weighted by Gasteiger charge is -2.28. The molecule has 1 aromatic carbocycles. The van der Waals surface area contributed by atoms with Crippen LogP contribution in [0, 0.1) is 12.8 Å². The summed E-state index contributed by atoms with van der Waals surface area (Å²) in [5, 5.41) is 0. The summed E-state index contributed by atoms with van der Waals surface area (Å²) < 4.78 is 0. The Labute approximate surface area is 105 Å². The van der Waals surface area contributed by atoms with Crippen LogP contribution in [0.1, 0.15) is 56.1 Å². The predicted octanol–water partition coefficient (Wildman–Crippen LogP) is 4.01. The highest BCUT2D eigenvalue weighted by atomic mass is 14.6. The normalized spacial score (nSPS) is 27.5. The Bertz CT molecular complexity index is 339. The fourth-order valence-electron chi connectivity index (χ4n) is 3.19. The van der Waals surface area contributed by atoms with E-state index in [0.29, 0.717) is 17.9 Å². The number of benzene rings is 1. The molecule has 0 heterocycles. The van der Waals surface area contributed by atoms with Crippen LogP contribution in [0.15, 0.2) is 24.3 Å². The molecule has 3 unspecified atom stereocenters. The Morgan fingerprint density at radius 1 is 1.06 bits per heavy atom. The zero-order valence-electron chi connectivity index (χ0n) is 11.2. The van der Waals surface area contributed by atoms with Crippen molar-refractivity contribution in [3.8, 4) is 0 Å². The van der Waals surface area contributed by atoms with E-state index in [1.54, 1.807) is 0 Å². The van der Waals surface area contributed by atoms with Gasteiger partial charge in [0.05, 0.1) is 0 Å². The molecule has 1 nitrogen and oxygen atoms in total. The first kappa shape index (κ1) is 12.6. The van der Waals surface area contributed by atoms with Crippen LogP contribution in [0.2, 0.25) is 0 Å². The van der Waals surface area contributed by atoms with E-state index in [-0.39, 0.29) is 0 Å². The second-order valence-electron chi connectivity index (χ2n) is 5.68. The van der Waals surface area contributed by atoms with Gasteiger partial charge in [0.1, 0.15) is 0 Å². The molecular weight excluding hydrogens is 206 g/mol. The van der Waals surface area contributed by atoms with Crippen molar-refractivity contribution in [3.63, 3.8) is 0 Å². The summed E-state index contributed by atoms with van der Waals surface area (Å²) >= 11 is 0. The molecule has 1 aliphatic rings. The lowest BCUT2D eigenvalue weighted by Crippen LogP contribution is -2.31. The van der Waals surface area contributed by atoms with Crippen molar-refractivity contribution in [2.45, 2.75) is 57.9 Å². The molecule has 1 fully saturated rings. The third kappa shape index (κ3) is 3.10. The standard InChI is InChI=1S/C16H25N/c1-12-8-10-14(11-9-12)16-7-5-3-4-6-15(16)13(2)17/h8-11,13,15-16H,3-7,17H2,1-2H3. The van der Waals surface area contributed by atoms with E-state index >= 15 is 0 Å². The van der Waals surface area contributed by atoms with Gasteiger partial charge in [-0.3, -0.25) is 0 Å². The first-order valence-electron chi connectivity index (χ1n) is 7.00. The lowest BCUT2D eigenvalue weighted by molar-refractivity contribution is 0.345. The van der Waals surface area contributed by atoms with Gasteiger partial charge in [-0.25, -0.2) is 0 Å². The van der Waals surface area contributed by atoms with Crippen molar-refractivity contribution in [2.24, 2.45) is 11.7 Å². The van der Waals surface area contributed by atoms with E-state index < -0.39 is 0 Å². The highest BCUT2D eigenvalue weighted by molar-refractivity contribution is 5.25. The first-order valence-corrected chi connectivity index (χ1v) is 7.00. The van der Waals surface area contributed by atoms with Gasteiger partial charge in [-0.05, 0) is 44.1 Å². The molecule has 2 N–H and O–H groups in total. The van der Waals surface area contributed by atoms with Crippen LogP contribution in [0.3, 0.4) is 0 Å². The highest BCUT2D eigenvalue weighted by Crippen LogP contribution is 2.37. The Hall–Kier alpha value is -0.820. The smallest absolute Gasteiger partial charge is 0.00446 e. The summed E-state index contributed by atoms with van der Waals surface area (Å²) in [7, 11) is 0. The van der Waals surface area contributed by atoms with E-state index in [0.717, 1.165) is 0 Å². The second kappa shape index (κ2) is 5.68. The maximum Gasteiger partial charge on any atom is 0.00446 e. The van der Waals surface area contributed by atoms with Crippen LogP contribution in [-0.4, -0.2) is 6.04 Å². The van der Waals surface area contributed by atoms with Crippen LogP contribution in [-0.2, 0) is 0 Å². The van der Waals surface area contributed by atoms with E-state index in [1.807, 2.05) is 0 Å². The molecule has 1 aliphatic carbocycles. The predicted molar refractivity (Wildman–Crippen MR) is 74.1 cm³/mol. The van der Waals surface area contributed by atoms with Crippen molar-refractivity contribution >= 4 is 0 Å². The van der Waals surface area contributed by atoms with Crippen molar-refractivity contribution in [2.75, 3.05) is 0 Å². The molecule has 3 atom stereocenters. The molecule has 94 valence electrons. The zero-order valence-corrected chi connectivity index (χ0v) is 11.2. The van der Waals surface area contributed by atoms with Gasteiger partial charge in [0.25, 0.3) is 0 Å². The van der Waals surface area contributed by atoms with Crippen LogP contribution >= 0.6 is 0 Å². The van der Waals surface area contributed by atoms with Crippen LogP contribution < -0.4 is 5.73 Å². The summed E-state index contributed by atoms with van der Waals surface area (Å²) in [5.41, 5.74) is 9.04. The van der Waals surface area contributed by atoms with Gasteiger partial charge in [0.2, 0.25) is 0 Å². The molecule has 0 spiro atoms. The van der Waals surface area contributed by atoms with Gasteiger partial charge in [0, 0.05) is 6.04 Å². The SMILES string of the molecule is Cc1ccc(C2CCCCCC2C(C)N)cc1. The van der Waals surface area contributed by atoms with E-state index in [4.69, 9.17) is 5.73 Å². The zero-order chi connectivity index (χ0) is 12.3.